The average molecular weight is 522 g/mol. The van der Waals surface area contributed by atoms with Crippen LogP contribution >= 0.6 is 24.0 Å². The van der Waals surface area contributed by atoms with Crippen LogP contribution in [0.3, 0.4) is 0 Å². The molecule has 162 valence electrons. The van der Waals surface area contributed by atoms with Crippen molar-refractivity contribution in [2.24, 2.45) is 4.99 Å². The number of aromatic nitrogens is 3. The molecule has 3 rings (SSSR count). The molecule has 0 radical (unpaired) electrons. The summed E-state index contributed by atoms with van der Waals surface area (Å²) in [4.78, 5) is 4.73. The van der Waals surface area contributed by atoms with Gasteiger partial charge in [0.25, 0.3) is 0 Å². The van der Waals surface area contributed by atoms with Gasteiger partial charge in [-0.25, -0.2) is 4.99 Å². The van der Waals surface area contributed by atoms with Crippen LogP contribution < -0.4 is 15.4 Å². The maximum Gasteiger partial charge on any atom is 0.191 e. The largest absolute Gasteiger partial charge is 0.493 e. The molecule has 0 atom stereocenters. The molecule has 0 saturated heterocycles. The molecule has 2 N–H and O–H groups in total. The molecule has 2 aromatic heterocycles. The third-order valence-electron chi connectivity index (χ3n) is 4.46. The van der Waals surface area contributed by atoms with E-state index >= 15 is 0 Å². The van der Waals surface area contributed by atoms with Crippen molar-refractivity contribution in [3.05, 3.63) is 59.5 Å². The molecule has 0 aliphatic carbocycles. The number of hydrogen-bond donors (Lipinski definition) is 2. The van der Waals surface area contributed by atoms with Crippen molar-refractivity contribution >= 4 is 35.6 Å². The van der Waals surface area contributed by atoms with Crippen molar-refractivity contribution in [2.75, 3.05) is 19.7 Å². The third kappa shape index (κ3) is 6.58. The van der Waals surface area contributed by atoms with Gasteiger partial charge in [0.15, 0.2) is 11.6 Å². The molecule has 0 fully saturated rings. The molecule has 1 aromatic carbocycles. The van der Waals surface area contributed by atoms with Crippen molar-refractivity contribution < 1.29 is 4.74 Å². The Morgan fingerprint density at radius 3 is 2.80 bits per heavy atom. The Kier molecular flexibility index (Phi) is 9.85. The highest BCUT2D eigenvalue weighted by molar-refractivity contribution is 14.0. The Hall–Kier alpha value is -2.36. The molecule has 0 amide bonds. The molecule has 0 spiro atoms. The van der Waals surface area contributed by atoms with Gasteiger partial charge in [0.2, 0.25) is 0 Å². The van der Waals surface area contributed by atoms with E-state index in [1.165, 1.54) is 5.56 Å². The first-order valence-electron chi connectivity index (χ1n) is 10.2. The average Bonchev–Trinajstić information content (AvgIpc) is 3.14. The van der Waals surface area contributed by atoms with Crippen LogP contribution in [0.4, 0.5) is 0 Å². The summed E-state index contributed by atoms with van der Waals surface area (Å²) in [7, 11) is 0. The second-order valence-electron chi connectivity index (χ2n) is 6.88. The summed E-state index contributed by atoms with van der Waals surface area (Å²) in [5, 5.41) is 15.2. The lowest BCUT2D eigenvalue weighted by atomic mass is 10.1. The zero-order valence-corrected chi connectivity index (χ0v) is 20.2. The number of rotatable bonds is 9. The zero-order valence-electron chi connectivity index (χ0n) is 17.9. The molecule has 0 saturated carbocycles. The van der Waals surface area contributed by atoms with Crippen molar-refractivity contribution in [2.45, 2.75) is 40.2 Å². The fraction of sp³-hybridized carbons (Fsp3) is 0.409. The molecule has 30 heavy (non-hydrogen) atoms. The molecule has 7 nitrogen and oxygen atoms in total. The third-order valence-corrected chi connectivity index (χ3v) is 4.46. The predicted octanol–water partition coefficient (Wildman–Crippen LogP) is 3.74. The highest BCUT2D eigenvalue weighted by Crippen LogP contribution is 2.21. The standard InChI is InChI=1S/C22H30N6O.HI/c1-4-14-29-19-15-17(3)9-10-18(19)16-25-22(23-5-2)24-12-11-21-27-26-20-8-6-7-13-28(20)21;/h6-10,13,15H,4-5,11-12,14,16H2,1-3H3,(H2,23,24,25);1H. The van der Waals surface area contributed by atoms with E-state index in [4.69, 9.17) is 9.73 Å². The summed E-state index contributed by atoms with van der Waals surface area (Å²) in [5.74, 6) is 2.63. The zero-order chi connectivity index (χ0) is 20.5. The van der Waals surface area contributed by atoms with Crippen LogP contribution in [-0.2, 0) is 13.0 Å². The number of fused-ring (bicyclic) bond motifs is 1. The smallest absolute Gasteiger partial charge is 0.191 e. The molecule has 0 unspecified atom stereocenters. The van der Waals surface area contributed by atoms with Crippen LogP contribution in [-0.4, -0.2) is 40.3 Å². The van der Waals surface area contributed by atoms with Crippen LogP contribution in [0.5, 0.6) is 5.75 Å². The Labute approximate surface area is 195 Å². The maximum absolute atomic E-state index is 5.90. The van der Waals surface area contributed by atoms with Gasteiger partial charge >= 0.3 is 0 Å². The SMILES string of the molecule is CCCOc1cc(C)ccc1CN=C(NCC)NCCc1nnc2ccccn12.I. The number of benzene rings is 1. The topological polar surface area (TPSA) is 75.8 Å². The number of aryl methyl sites for hydroxylation is 1. The van der Waals surface area contributed by atoms with Crippen molar-refractivity contribution in [3.8, 4) is 5.75 Å². The summed E-state index contributed by atoms with van der Waals surface area (Å²) < 4.78 is 7.91. The summed E-state index contributed by atoms with van der Waals surface area (Å²) in [6, 6.07) is 12.2. The second-order valence-corrected chi connectivity index (χ2v) is 6.88. The van der Waals surface area contributed by atoms with E-state index < -0.39 is 0 Å². The van der Waals surface area contributed by atoms with Gasteiger partial charge in [0, 0.05) is 31.3 Å². The Morgan fingerprint density at radius 1 is 1.13 bits per heavy atom. The summed E-state index contributed by atoms with van der Waals surface area (Å²) in [6.45, 7) is 9.03. The monoisotopic (exact) mass is 522 g/mol. The number of guanidine groups is 1. The fourth-order valence-electron chi connectivity index (χ4n) is 3.00. The first kappa shape index (κ1) is 23.9. The molecule has 3 aromatic rings. The summed E-state index contributed by atoms with van der Waals surface area (Å²) in [6.07, 6.45) is 3.72. The number of nitrogens with one attached hydrogen (secondary N) is 2. The number of hydrogen-bond acceptors (Lipinski definition) is 4. The van der Waals surface area contributed by atoms with Crippen molar-refractivity contribution in [1.82, 2.24) is 25.2 Å². The lowest BCUT2D eigenvalue weighted by Gasteiger charge is -2.13. The molecule has 0 aliphatic heterocycles. The molecule has 0 aliphatic rings. The first-order chi connectivity index (χ1) is 14.2. The van der Waals surface area contributed by atoms with Crippen LogP contribution in [0.15, 0.2) is 47.6 Å². The van der Waals surface area contributed by atoms with Crippen molar-refractivity contribution in [3.63, 3.8) is 0 Å². The minimum Gasteiger partial charge on any atom is -0.493 e. The van der Waals surface area contributed by atoms with Gasteiger partial charge in [-0.2, -0.15) is 0 Å². The quantitative estimate of drug-likeness (QED) is 0.255. The molecular weight excluding hydrogens is 491 g/mol. The number of aliphatic imine (C=N–C) groups is 1. The number of ether oxygens (including phenoxy) is 1. The van der Waals surface area contributed by atoms with E-state index in [-0.39, 0.29) is 24.0 Å². The Bertz CT molecular complexity index is 956. The van der Waals surface area contributed by atoms with Gasteiger partial charge in [-0.1, -0.05) is 25.1 Å². The van der Waals surface area contributed by atoms with E-state index in [0.717, 1.165) is 48.1 Å². The first-order valence-corrected chi connectivity index (χ1v) is 10.2. The van der Waals surface area contributed by atoms with Crippen molar-refractivity contribution in [1.29, 1.82) is 0 Å². The van der Waals surface area contributed by atoms with Crippen LogP contribution in [0.2, 0.25) is 0 Å². The predicted molar refractivity (Wildman–Crippen MR) is 132 cm³/mol. The highest BCUT2D eigenvalue weighted by atomic mass is 127. The summed E-state index contributed by atoms with van der Waals surface area (Å²) in [5.41, 5.74) is 3.14. The second kappa shape index (κ2) is 12.4. The lowest BCUT2D eigenvalue weighted by Crippen LogP contribution is -2.38. The van der Waals surface area contributed by atoms with E-state index in [1.54, 1.807) is 0 Å². The molecule has 2 heterocycles. The fourth-order valence-corrected chi connectivity index (χ4v) is 3.00. The van der Waals surface area contributed by atoms with Gasteiger partial charge in [0.05, 0.1) is 13.2 Å². The number of nitrogens with zero attached hydrogens (tertiary/aromatic N) is 4. The highest BCUT2D eigenvalue weighted by Gasteiger charge is 2.07. The van der Waals surface area contributed by atoms with Crippen LogP contribution in [0.25, 0.3) is 5.65 Å². The van der Waals surface area contributed by atoms with Gasteiger partial charge in [-0.3, -0.25) is 4.40 Å². The van der Waals surface area contributed by atoms with Crippen LogP contribution in [0.1, 0.15) is 37.2 Å². The van der Waals surface area contributed by atoms with E-state index in [2.05, 4.69) is 59.8 Å². The van der Waals surface area contributed by atoms with Gasteiger partial charge in [-0.15, -0.1) is 34.2 Å². The van der Waals surface area contributed by atoms with E-state index in [1.807, 2.05) is 28.8 Å². The van der Waals surface area contributed by atoms with E-state index in [9.17, 15) is 0 Å². The van der Waals surface area contributed by atoms with Crippen LogP contribution in [0, 0.1) is 6.92 Å². The minimum atomic E-state index is 0. The molecule has 0 bridgehead atoms. The number of pyridine rings is 1. The maximum atomic E-state index is 5.90. The molecular formula is C22H31IN6O. The Morgan fingerprint density at radius 2 is 2.00 bits per heavy atom. The minimum absolute atomic E-state index is 0. The van der Waals surface area contributed by atoms with E-state index in [0.29, 0.717) is 19.7 Å². The van der Waals surface area contributed by atoms with Gasteiger partial charge in [0.1, 0.15) is 11.6 Å². The number of halogens is 1. The molecule has 8 heteroatoms. The lowest BCUT2D eigenvalue weighted by molar-refractivity contribution is 0.314. The van der Waals surface area contributed by atoms with Gasteiger partial charge < -0.3 is 15.4 Å². The Balaban J connectivity index is 0.00000320. The summed E-state index contributed by atoms with van der Waals surface area (Å²) >= 11 is 0. The van der Waals surface area contributed by atoms with Gasteiger partial charge in [-0.05, 0) is 44.0 Å². The normalized spacial score (nSPS) is 11.2.